The Kier molecular flexibility index (Phi) is 17.1. The fraction of sp³-hybridized carbons (Fsp3) is 1.00. The summed E-state index contributed by atoms with van der Waals surface area (Å²) in [5.41, 5.74) is 0. The average molecular weight is 1130 g/mol. The Balaban J connectivity index is 0.845. The zero-order chi connectivity index (χ0) is 52.2. The molecule has 35 atom stereocenters. The van der Waals surface area contributed by atoms with Crippen LogP contribution in [0, 0.1) is 0 Å². The molecule has 0 aliphatic carbocycles. The predicted molar refractivity (Wildman–Crippen MR) is 238 cm³/mol. The minimum Gasteiger partial charge on any atom is -0.394 e. The van der Waals surface area contributed by atoms with Crippen LogP contribution >= 0.6 is 35.3 Å². The van der Waals surface area contributed by atoms with Crippen molar-refractivity contribution in [2.45, 2.75) is 210 Å². The van der Waals surface area contributed by atoms with Crippen molar-refractivity contribution < 1.29 is 143 Å². The van der Waals surface area contributed by atoms with Crippen molar-refractivity contribution in [3.8, 4) is 0 Å². The maximum Gasteiger partial charge on any atom is 0.187 e. The quantitative estimate of drug-likeness (QED) is 0.105. The van der Waals surface area contributed by atoms with Crippen molar-refractivity contribution in [1.29, 1.82) is 0 Å². The number of aliphatic hydroxyl groups excluding tert-OH is 15. The highest BCUT2D eigenvalue weighted by atomic mass is 32.2. The van der Waals surface area contributed by atoms with E-state index in [9.17, 15) is 76.6 Å². The number of rotatable bonds is 7. The summed E-state index contributed by atoms with van der Waals surface area (Å²) >= 11 is 3.82. The molecule has 21 aliphatic rings. The Labute approximate surface area is 433 Å². The Hall–Kier alpha value is -0.110. The summed E-state index contributed by atoms with van der Waals surface area (Å²) in [4.78, 5) is 0. The van der Waals surface area contributed by atoms with Gasteiger partial charge in [0.2, 0.25) is 0 Å². The molecule has 0 spiro atoms. The molecule has 21 heterocycles. The summed E-state index contributed by atoms with van der Waals surface area (Å²) in [6.07, 6.45) is -43.2. The molecule has 14 bridgehead atoms. The lowest BCUT2D eigenvalue weighted by molar-refractivity contribution is -0.378. The molecular formula is C42H64O29S3. The van der Waals surface area contributed by atoms with E-state index in [1.165, 1.54) is 35.3 Å². The molecule has 21 rings (SSSR count). The van der Waals surface area contributed by atoms with Crippen molar-refractivity contribution >= 4 is 35.3 Å². The molecule has 0 aromatic heterocycles. The van der Waals surface area contributed by atoms with Gasteiger partial charge in [0.1, 0.15) is 134 Å². The van der Waals surface area contributed by atoms with E-state index in [4.69, 9.17) is 66.3 Å². The van der Waals surface area contributed by atoms with E-state index < -0.39 is 256 Å². The lowest BCUT2D eigenvalue weighted by Crippen LogP contribution is -2.66. The molecule has 21 saturated heterocycles. The van der Waals surface area contributed by atoms with Gasteiger partial charge in [-0.2, -0.15) is 0 Å². The third-order valence-electron chi connectivity index (χ3n) is 15.3. The number of thioether (sulfide) groups is 3. The average Bonchev–Trinajstić information content (AvgIpc) is 4.28. The van der Waals surface area contributed by atoms with E-state index in [-0.39, 0.29) is 0 Å². The third-order valence-corrected chi connectivity index (χ3v) is 19.5. The SMILES string of the molecule is OC[C@H]1O[C@@H]2O[C@H]3[C@@H]4S[C@@H]4[C@@H](O[C@H]4[C@H](O)[C@@H](O)[C@@H](O[C@H]5[C@@H]6S[C@@H]6[C@@H](O[C@H]6[C@H](O)[C@@H](O)[C@@H](O[C@H]7[C@@H]8S[C@@H]8[C@@H](O[C@H]8[C@H](O)[C@@H](O)[C@@H](O[C@H]1[C@H](O)[C@H]2O)O[C@@H]8CO)O[C@@H]7CO)O[C@@H]6CO)O[C@@H]5CO)O[C@@H]4CO)O[C@@H]3CO. The van der Waals surface area contributed by atoms with Crippen LogP contribution in [0.5, 0.6) is 0 Å². The molecule has 74 heavy (non-hydrogen) atoms. The first-order valence-corrected chi connectivity index (χ1v) is 27.3. The lowest BCUT2D eigenvalue weighted by Gasteiger charge is -2.48. The molecule has 0 amide bonds. The Bertz CT molecular complexity index is 1890. The van der Waals surface area contributed by atoms with Gasteiger partial charge in [-0.25, -0.2) is 0 Å². The molecule has 32 heteroatoms. The first kappa shape index (κ1) is 55.8. The maximum atomic E-state index is 11.5. The van der Waals surface area contributed by atoms with Gasteiger partial charge in [-0.3, -0.25) is 0 Å². The second kappa shape index (κ2) is 22.7. The molecule has 21 fully saturated rings. The first-order valence-electron chi connectivity index (χ1n) is 24.5. The van der Waals surface area contributed by atoms with E-state index in [1.807, 2.05) is 0 Å². The fourth-order valence-electron chi connectivity index (χ4n) is 11.2. The number of hydrogen-bond donors (Lipinski definition) is 15. The van der Waals surface area contributed by atoms with Crippen molar-refractivity contribution in [2.24, 2.45) is 0 Å². The Morgan fingerprint density at radius 1 is 0.203 bits per heavy atom. The van der Waals surface area contributed by atoms with Gasteiger partial charge >= 0.3 is 0 Å². The molecule has 0 aromatic carbocycles. The second-order valence-electron chi connectivity index (χ2n) is 19.9. The van der Waals surface area contributed by atoms with E-state index in [1.54, 1.807) is 0 Å². The predicted octanol–water partition coefficient (Wildman–Crippen LogP) is -9.94. The Morgan fingerprint density at radius 2 is 0.378 bits per heavy atom. The summed E-state index contributed by atoms with van der Waals surface area (Å²) in [6.45, 7) is -5.15. The van der Waals surface area contributed by atoms with Crippen molar-refractivity contribution in [2.75, 3.05) is 46.2 Å². The van der Waals surface area contributed by atoms with Crippen LogP contribution in [0.2, 0.25) is 0 Å². The monoisotopic (exact) mass is 1130 g/mol. The molecule has 15 N–H and O–H groups in total. The van der Waals surface area contributed by atoms with Crippen molar-refractivity contribution in [3.63, 3.8) is 0 Å². The smallest absolute Gasteiger partial charge is 0.187 e. The topological polar surface area (TPSA) is 433 Å². The molecule has 0 aromatic rings. The minimum atomic E-state index is -1.95. The highest BCUT2D eigenvalue weighted by Gasteiger charge is 2.65. The van der Waals surface area contributed by atoms with Crippen LogP contribution in [-0.4, -0.2) is 333 Å². The zero-order valence-corrected chi connectivity index (χ0v) is 41.3. The van der Waals surface area contributed by atoms with Gasteiger partial charge in [0.15, 0.2) is 44.0 Å². The maximum absolute atomic E-state index is 11.5. The van der Waals surface area contributed by atoms with E-state index in [0.29, 0.717) is 0 Å². The van der Waals surface area contributed by atoms with Crippen molar-refractivity contribution in [3.05, 3.63) is 0 Å². The summed E-state index contributed by atoms with van der Waals surface area (Å²) < 4.78 is 84.7. The van der Waals surface area contributed by atoms with Crippen LogP contribution < -0.4 is 0 Å². The molecular weight excluding hydrogens is 1060 g/mol. The molecule has 21 aliphatic heterocycles. The highest BCUT2D eigenvalue weighted by molar-refractivity contribution is 8.08. The van der Waals surface area contributed by atoms with E-state index >= 15 is 0 Å². The molecule has 424 valence electrons. The summed E-state index contributed by atoms with van der Waals surface area (Å²) in [5, 5.41) is 162. The summed E-state index contributed by atoms with van der Waals surface area (Å²) in [6, 6.07) is 0. The highest BCUT2D eigenvalue weighted by Crippen LogP contribution is 2.56. The molecule has 0 radical (unpaired) electrons. The van der Waals surface area contributed by atoms with Crippen LogP contribution in [0.4, 0.5) is 0 Å². The lowest BCUT2D eigenvalue weighted by atomic mass is 9.96. The van der Waals surface area contributed by atoms with E-state index in [2.05, 4.69) is 0 Å². The van der Waals surface area contributed by atoms with Gasteiger partial charge in [0.25, 0.3) is 0 Å². The minimum absolute atomic E-state index is 0.482. The van der Waals surface area contributed by atoms with Crippen LogP contribution in [0.15, 0.2) is 0 Å². The van der Waals surface area contributed by atoms with Crippen LogP contribution in [0.1, 0.15) is 0 Å². The van der Waals surface area contributed by atoms with Crippen molar-refractivity contribution in [1.82, 2.24) is 0 Å². The van der Waals surface area contributed by atoms with Gasteiger partial charge in [0, 0.05) is 0 Å². The van der Waals surface area contributed by atoms with Crippen LogP contribution in [0.3, 0.4) is 0 Å². The van der Waals surface area contributed by atoms with Gasteiger partial charge in [-0.1, -0.05) is 0 Å². The van der Waals surface area contributed by atoms with Crippen LogP contribution in [0.25, 0.3) is 0 Å². The van der Waals surface area contributed by atoms with Gasteiger partial charge < -0.3 is 143 Å². The number of hydrogen-bond acceptors (Lipinski definition) is 32. The standard InChI is InChI=1S/C42H64O29S3/c43-1-8-23-15(50)20(55)37(59-8)69-27-12(5-47)63-41(34-30(27)72-34)67-25-10(3-45)61-39(22(57)17(25)52)71-29-14(7-49)64-42(35-32(29)74-35)68-26-11(4-46)60-38(21(56)18(26)53)70-28-13(6-48)62-40(33-31(28)73-33)66-24-9(2-44)58-36(65-23)19(54)16(24)51/h8-57H,1-7H2/t8-,9-,10-,11-,12-,13-,14-,15-,16-,17-,18-,19-,20-,21-,22-,23-,24-,25-,26-,27-,28-,29-,30+,31+,32+,33+,34+,35+,36-,37-,38-,39-,40-,41-,42-/m1/s1. The van der Waals surface area contributed by atoms with E-state index in [0.717, 1.165) is 0 Å². The first-order chi connectivity index (χ1) is 35.6. The number of aliphatic hydroxyl groups is 15. The van der Waals surface area contributed by atoms with Crippen LogP contribution in [-0.2, 0) is 66.3 Å². The van der Waals surface area contributed by atoms with Gasteiger partial charge in [0.05, 0.1) is 77.7 Å². The van der Waals surface area contributed by atoms with Gasteiger partial charge in [-0.05, 0) is 0 Å². The molecule has 29 nitrogen and oxygen atoms in total. The summed E-state index contributed by atoms with van der Waals surface area (Å²) in [5.74, 6) is 0. The fourth-order valence-corrected chi connectivity index (χ4v) is 14.8. The van der Waals surface area contributed by atoms with Gasteiger partial charge in [-0.15, -0.1) is 35.3 Å². The zero-order valence-electron chi connectivity index (χ0n) is 38.8. The number of fused-ring (bicyclic) bond motifs is 3. The normalized spacial score (nSPS) is 58.3. The number of ether oxygens (including phenoxy) is 14. The Morgan fingerprint density at radius 3 is 0.595 bits per heavy atom. The third kappa shape index (κ3) is 10.2. The molecule has 0 unspecified atom stereocenters. The largest absolute Gasteiger partial charge is 0.394 e. The molecule has 0 saturated carbocycles. The summed E-state index contributed by atoms with van der Waals surface area (Å²) in [7, 11) is 0. The second-order valence-corrected chi connectivity index (χ2v) is 24.0.